The van der Waals surface area contributed by atoms with Gasteiger partial charge in [0.1, 0.15) is 5.75 Å². The van der Waals surface area contributed by atoms with Gasteiger partial charge < -0.3 is 9.47 Å². The molecule has 3 aromatic carbocycles. The number of rotatable bonds is 4. The Hall–Kier alpha value is -2.31. The molecule has 0 saturated heterocycles. The second-order valence-corrected chi connectivity index (χ2v) is 8.03. The number of thiocarbonyl (C=S) groups is 1. The Balaban J connectivity index is 1.79. The van der Waals surface area contributed by atoms with E-state index in [4.69, 9.17) is 56.5 Å². The van der Waals surface area contributed by atoms with Crippen LogP contribution >= 0.6 is 47.0 Å². The molecule has 0 fully saturated rings. The van der Waals surface area contributed by atoms with Crippen molar-refractivity contribution in [2.24, 2.45) is 4.99 Å². The van der Waals surface area contributed by atoms with Crippen molar-refractivity contribution < 1.29 is 9.47 Å². The minimum Gasteiger partial charge on any atom is -0.497 e. The molecule has 4 rings (SSSR count). The Morgan fingerprint density at radius 3 is 2.27 bits per heavy atom. The summed E-state index contributed by atoms with van der Waals surface area (Å²) < 4.78 is 11.6. The van der Waals surface area contributed by atoms with E-state index in [0.29, 0.717) is 31.8 Å². The summed E-state index contributed by atoms with van der Waals surface area (Å²) in [6.07, 6.45) is -0.566. The molecule has 1 aliphatic rings. The Kier molecular flexibility index (Phi) is 6.16. The molecule has 152 valence electrons. The topological polar surface area (TPSA) is 34.1 Å². The van der Waals surface area contributed by atoms with E-state index in [0.717, 1.165) is 16.9 Å². The standard InChI is InChI=1S/C22H15Cl3N2O2S/c1-28-17-9-4-14(5-10-17)21-27(16-8-11-18(24)19(25)12-16)22(30)26-20(29-21)13-2-6-15(23)7-3-13/h2-12,21H,1H3. The van der Waals surface area contributed by atoms with E-state index in [1.165, 1.54) is 0 Å². The molecule has 1 unspecified atom stereocenters. The van der Waals surface area contributed by atoms with E-state index >= 15 is 0 Å². The number of hydrogen-bond acceptors (Lipinski definition) is 3. The molecule has 30 heavy (non-hydrogen) atoms. The van der Waals surface area contributed by atoms with E-state index in [1.54, 1.807) is 36.3 Å². The summed E-state index contributed by atoms with van der Waals surface area (Å²) in [5.41, 5.74) is 2.36. The molecule has 1 atom stereocenters. The normalized spacial score (nSPS) is 16.1. The van der Waals surface area contributed by atoms with Crippen LogP contribution in [0.3, 0.4) is 0 Å². The van der Waals surface area contributed by atoms with Crippen LogP contribution in [0.1, 0.15) is 17.4 Å². The predicted molar refractivity (Wildman–Crippen MR) is 126 cm³/mol. The maximum absolute atomic E-state index is 6.31. The third-order valence-electron chi connectivity index (χ3n) is 4.53. The molecule has 0 spiro atoms. The molecule has 0 aromatic heterocycles. The van der Waals surface area contributed by atoms with Crippen LogP contribution in [-0.4, -0.2) is 18.1 Å². The van der Waals surface area contributed by atoms with Gasteiger partial charge in [0.25, 0.3) is 0 Å². The molecule has 1 aliphatic heterocycles. The van der Waals surface area contributed by atoms with Gasteiger partial charge in [0.2, 0.25) is 17.2 Å². The number of anilines is 1. The lowest BCUT2D eigenvalue weighted by Crippen LogP contribution is -2.40. The van der Waals surface area contributed by atoms with Gasteiger partial charge in [-0.25, -0.2) is 0 Å². The Labute approximate surface area is 194 Å². The van der Waals surface area contributed by atoms with Crippen molar-refractivity contribution in [1.29, 1.82) is 0 Å². The molecule has 0 N–H and O–H groups in total. The van der Waals surface area contributed by atoms with Crippen molar-refractivity contribution in [3.05, 3.63) is 92.9 Å². The van der Waals surface area contributed by atoms with E-state index in [-0.39, 0.29) is 0 Å². The van der Waals surface area contributed by atoms with Crippen molar-refractivity contribution in [2.45, 2.75) is 6.23 Å². The van der Waals surface area contributed by atoms with E-state index in [9.17, 15) is 0 Å². The van der Waals surface area contributed by atoms with Gasteiger partial charge >= 0.3 is 0 Å². The summed E-state index contributed by atoms with van der Waals surface area (Å²) in [7, 11) is 1.62. The fraction of sp³-hybridized carbons (Fsp3) is 0.0909. The Bertz CT molecular complexity index is 1120. The van der Waals surface area contributed by atoms with Gasteiger partial charge in [0, 0.05) is 21.8 Å². The molecule has 0 aliphatic carbocycles. The van der Waals surface area contributed by atoms with Crippen molar-refractivity contribution in [3.63, 3.8) is 0 Å². The summed E-state index contributed by atoms with van der Waals surface area (Å²) in [5, 5.41) is 1.83. The van der Waals surface area contributed by atoms with Crippen LogP contribution in [-0.2, 0) is 4.74 Å². The number of benzene rings is 3. The molecule has 0 bridgehead atoms. The first-order valence-electron chi connectivity index (χ1n) is 8.90. The third-order valence-corrected chi connectivity index (χ3v) is 5.81. The minimum absolute atomic E-state index is 0.338. The van der Waals surface area contributed by atoms with Crippen molar-refractivity contribution >= 4 is 63.7 Å². The maximum Gasteiger partial charge on any atom is 0.225 e. The molecule has 0 amide bonds. The van der Waals surface area contributed by atoms with Gasteiger partial charge in [-0.05, 0) is 78.9 Å². The van der Waals surface area contributed by atoms with Crippen molar-refractivity contribution in [1.82, 2.24) is 0 Å². The predicted octanol–water partition coefficient (Wildman–Crippen LogP) is 6.92. The number of nitrogens with zero attached hydrogens (tertiary/aromatic N) is 2. The van der Waals surface area contributed by atoms with Crippen LogP contribution in [0.25, 0.3) is 0 Å². The largest absolute Gasteiger partial charge is 0.497 e. The van der Waals surface area contributed by atoms with Gasteiger partial charge in [-0.15, -0.1) is 0 Å². The van der Waals surface area contributed by atoms with E-state index in [1.807, 2.05) is 42.5 Å². The SMILES string of the molecule is COc1ccc(C2OC(c3ccc(Cl)cc3)=NC(=S)N2c2ccc(Cl)c(Cl)c2)cc1. The average Bonchev–Trinajstić information content (AvgIpc) is 2.76. The maximum atomic E-state index is 6.31. The fourth-order valence-electron chi connectivity index (χ4n) is 3.02. The number of hydrogen-bond donors (Lipinski definition) is 0. The van der Waals surface area contributed by atoms with Crippen LogP contribution in [0.4, 0.5) is 5.69 Å². The van der Waals surface area contributed by atoms with Crippen molar-refractivity contribution in [3.8, 4) is 5.75 Å². The lowest BCUT2D eigenvalue weighted by molar-refractivity contribution is 0.196. The minimum atomic E-state index is -0.566. The summed E-state index contributed by atoms with van der Waals surface area (Å²) >= 11 is 24.0. The third kappa shape index (κ3) is 4.25. The number of halogens is 3. The summed E-state index contributed by atoms with van der Waals surface area (Å²) in [5.74, 6) is 1.15. The highest BCUT2D eigenvalue weighted by molar-refractivity contribution is 7.80. The quantitative estimate of drug-likeness (QED) is 0.382. The van der Waals surface area contributed by atoms with Crippen LogP contribution in [0.5, 0.6) is 5.75 Å². The molecular weight excluding hydrogens is 463 g/mol. The number of methoxy groups -OCH3 is 1. The molecule has 1 heterocycles. The lowest BCUT2D eigenvalue weighted by Gasteiger charge is -2.36. The molecule has 0 saturated carbocycles. The van der Waals surface area contributed by atoms with E-state index < -0.39 is 6.23 Å². The van der Waals surface area contributed by atoms with Gasteiger partial charge in [0.15, 0.2) is 0 Å². The van der Waals surface area contributed by atoms with Crippen molar-refractivity contribution in [2.75, 3.05) is 12.0 Å². The van der Waals surface area contributed by atoms with Gasteiger partial charge in [-0.2, -0.15) is 4.99 Å². The van der Waals surface area contributed by atoms with Crippen LogP contribution in [0.2, 0.25) is 15.1 Å². The smallest absolute Gasteiger partial charge is 0.225 e. The Morgan fingerprint density at radius 1 is 0.933 bits per heavy atom. The first kappa shape index (κ1) is 20.9. The van der Waals surface area contributed by atoms with Crippen LogP contribution < -0.4 is 9.64 Å². The van der Waals surface area contributed by atoms with Gasteiger partial charge in [-0.3, -0.25) is 4.90 Å². The number of aliphatic imine (C=N–C) groups is 1. The second-order valence-electron chi connectivity index (χ2n) is 6.42. The first-order chi connectivity index (χ1) is 14.5. The van der Waals surface area contributed by atoms with Crippen LogP contribution in [0.15, 0.2) is 71.7 Å². The Morgan fingerprint density at radius 2 is 1.63 bits per heavy atom. The van der Waals surface area contributed by atoms with Gasteiger partial charge in [-0.1, -0.05) is 34.8 Å². The monoisotopic (exact) mass is 476 g/mol. The summed E-state index contributed by atoms with van der Waals surface area (Å²) in [6.45, 7) is 0. The average molecular weight is 478 g/mol. The molecule has 3 aromatic rings. The molecule has 8 heteroatoms. The zero-order valence-corrected chi connectivity index (χ0v) is 18.8. The fourth-order valence-corrected chi connectivity index (χ4v) is 3.72. The zero-order chi connectivity index (χ0) is 21.3. The summed E-state index contributed by atoms with van der Waals surface area (Å²) in [6, 6.07) is 20.1. The molecule has 4 nitrogen and oxygen atoms in total. The highest BCUT2D eigenvalue weighted by Gasteiger charge is 2.32. The van der Waals surface area contributed by atoms with E-state index in [2.05, 4.69) is 4.99 Å². The molecule has 0 radical (unpaired) electrons. The highest BCUT2D eigenvalue weighted by Crippen LogP contribution is 2.36. The summed E-state index contributed by atoms with van der Waals surface area (Å²) in [4.78, 5) is 6.30. The van der Waals surface area contributed by atoms with Crippen LogP contribution in [0, 0.1) is 0 Å². The lowest BCUT2D eigenvalue weighted by atomic mass is 10.1. The number of ether oxygens (including phenoxy) is 2. The molecular formula is C22H15Cl3N2O2S. The van der Waals surface area contributed by atoms with Gasteiger partial charge in [0.05, 0.1) is 17.2 Å². The first-order valence-corrected chi connectivity index (χ1v) is 10.4. The highest BCUT2D eigenvalue weighted by atomic mass is 35.5. The second kappa shape index (κ2) is 8.82. The zero-order valence-electron chi connectivity index (χ0n) is 15.7.